The number of carbonyl (C=O) groups is 1. The van der Waals surface area contributed by atoms with Gasteiger partial charge in [-0.3, -0.25) is 4.79 Å². The first-order valence-corrected chi connectivity index (χ1v) is 12.6. The number of alkyl halides is 3. The maximum Gasteiger partial charge on any atom is 0.421 e. The molecule has 1 saturated carbocycles. The first-order chi connectivity index (χ1) is 17.7. The van der Waals surface area contributed by atoms with Crippen molar-refractivity contribution in [1.82, 2.24) is 19.9 Å². The first kappa shape index (κ1) is 25.5. The van der Waals surface area contributed by atoms with Gasteiger partial charge in [-0.25, -0.2) is 15.0 Å². The summed E-state index contributed by atoms with van der Waals surface area (Å²) in [5.74, 6) is 0.318. The lowest BCUT2D eigenvalue weighted by Crippen LogP contribution is -2.38. The van der Waals surface area contributed by atoms with Gasteiger partial charge in [0.25, 0.3) is 0 Å². The van der Waals surface area contributed by atoms with Crippen LogP contribution in [0.5, 0.6) is 5.88 Å². The molecule has 2 aromatic rings. The fourth-order valence-electron chi connectivity index (χ4n) is 5.52. The Bertz CT molecular complexity index is 1140. The number of nitrogens with one attached hydrogen (secondary N) is 1. The number of aromatic nitrogens is 3. The summed E-state index contributed by atoms with van der Waals surface area (Å²) in [6.45, 7) is 2.06. The molecule has 2 N–H and O–H groups in total. The maximum absolute atomic E-state index is 13.5. The second-order valence-electron chi connectivity index (χ2n) is 9.99. The topological polar surface area (TPSA) is 104 Å². The Labute approximate surface area is 213 Å². The molecule has 4 heterocycles. The molecule has 12 heteroatoms. The number of ether oxygens (including phenoxy) is 1. The quantitative estimate of drug-likeness (QED) is 0.620. The number of halogens is 3. The summed E-state index contributed by atoms with van der Waals surface area (Å²) < 4.78 is 45.4. The fourth-order valence-corrected chi connectivity index (χ4v) is 5.52. The molecule has 2 aromatic heterocycles. The molecule has 1 saturated heterocycles. The largest absolute Gasteiger partial charge is 0.481 e. The molecule has 1 unspecified atom stereocenters. The van der Waals surface area contributed by atoms with E-state index in [2.05, 4.69) is 20.3 Å². The number of hydrogen-bond donors (Lipinski definition) is 2. The average molecular weight is 521 g/mol. The summed E-state index contributed by atoms with van der Waals surface area (Å²) in [5.41, 5.74) is 1.13. The molecule has 0 bridgehead atoms. The number of likely N-dealkylation sites (tertiary alicyclic amines) is 1. The van der Waals surface area contributed by atoms with E-state index < -0.39 is 17.6 Å². The molecule has 3 aliphatic rings. The minimum absolute atomic E-state index is 0.0204. The van der Waals surface area contributed by atoms with Gasteiger partial charge >= 0.3 is 6.18 Å². The summed E-state index contributed by atoms with van der Waals surface area (Å²) in [7, 11) is 1.17. The van der Waals surface area contributed by atoms with E-state index in [-0.39, 0.29) is 24.0 Å². The Balaban J connectivity index is 1.28. The maximum atomic E-state index is 13.5. The molecule has 1 amide bonds. The number of anilines is 2. The predicted octanol–water partition coefficient (Wildman–Crippen LogP) is 3.03. The smallest absolute Gasteiger partial charge is 0.421 e. The van der Waals surface area contributed by atoms with E-state index in [1.54, 1.807) is 0 Å². The highest BCUT2D eigenvalue weighted by molar-refractivity contribution is 5.79. The molecule has 5 rings (SSSR count). The molecule has 37 heavy (non-hydrogen) atoms. The number of rotatable bonds is 5. The normalized spacial score (nSPS) is 24.1. The number of pyridine rings is 1. The monoisotopic (exact) mass is 520 g/mol. The zero-order valence-corrected chi connectivity index (χ0v) is 20.7. The van der Waals surface area contributed by atoms with Crippen molar-refractivity contribution in [2.24, 2.45) is 5.92 Å². The lowest BCUT2D eigenvalue weighted by atomic mass is 9.86. The highest BCUT2D eigenvalue weighted by atomic mass is 19.4. The molecule has 0 radical (unpaired) electrons. The Morgan fingerprint density at radius 1 is 1.14 bits per heavy atom. The molecule has 9 nitrogen and oxygen atoms in total. The first-order valence-electron chi connectivity index (χ1n) is 12.6. The lowest BCUT2D eigenvalue weighted by molar-refractivity contribution is -0.139. The second kappa shape index (κ2) is 10.3. The number of aliphatic hydroxyl groups excluding tert-OH is 1. The van der Waals surface area contributed by atoms with Crippen molar-refractivity contribution in [1.29, 1.82) is 0 Å². The van der Waals surface area contributed by atoms with Gasteiger partial charge in [-0.1, -0.05) is 0 Å². The summed E-state index contributed by atoms with van der Waals surface area (Å²) in [5, 5.41) is 13.2. The zero-order valence-electron chi connectivity index (χ0n) is 20.7. The van der Waals surface area contributed by atoms with Crippen LogP contribution in [-0.4, -0.2) is 69.8 Å². The minimum Gasteiger partial charge on any atom is -0.481 e. The molecular weight excluding hydrogens is 489 g/mol. The predicted molar refractivity (Wildman–Crippen MR) is 129 cm³/mol. The van der Waals surface area contributed by atoms with E-state index in [1.165, 1.54) is 19.6 Å². The summed E-state index contributed by atoms with van der Waals surface area (Å²) in [6, 6.07) is 1.09. The van der Waals surface area contributed by atoms with Gasteiger partial charge < -0.3 is 25.0 Å². The van der Waals surface area contributed by atoms with Crippen LogP contribution < -0.4 is 15.0 Å². The van der Waals surface area contributed by atoms with E-state index in [4.69, 9.17) is 4.74 Å². The van der Waals surface area contributed by atoms with Gasteiger partial charge in [0.15, 0.2) is 0 Å². The number of hydrogen-bond acceptors (Lipinski definition) is 8. The van der Waals surface area contributed by atoms with Gasteiger partial charge in [-0.05, 0) is 38.2 Å². The number of nitrogens with zero attached hydrogens (tertiary/aromatic N) is 5. The third-order valence-electron chi connectivity index (χ3n) is 7.59. The highest BCUT2D eigenvalue weighted by Crippen LogP contribution is 2.38. The van der Waals surface area contributed by atoms with Crippen LogP contribution in [-0.2, 0) is 23.9 Å². The third kappa shape index (κ3) is 5.43. The van der Waals surface area contributed by atoms with Crippen LogP contribution in [0.2, 0.25) is 0 Å². The van der Waals surface area contributed by atoms with Crippen molar-refractivity contribution in [2.45, 2.75) is 63.4 Å². The van der Waals surface area contributed by atoms with E-state index >= 15 is 0 Å². The third-order valence-corrected chi connectivity index (χ3v) is 7.59. The van der Waals surface area contributed by atoms with Crippen LogP contribution in [0.1, 0.15) is 48.9 Å². The highest BCUT2D eigenvalue weighted by Gasteiger charge is 2.37. The minimum atomic E-state index is -4.58. The number of methoxy groups -OCH3 is 1. The molecule has 2 aliphatic heterocycles. The van der Waals surface area contributed by atoms with Crippen LogP contribution in [0.3, 0.4) is 0 Å². The van der Waals surface area contributed by atoms with Crippen LogP contribution >= 0.6 is 0 Å². The lowest BCUT2D eigenvalue weighted by Gasteiger charge is -2.32. The van der Waals surface area contributed by atoms with Crippen molar-refractivity contribution in [3.05, 3.63) is 35.4 Å². The molecule has 1 atom stereocenters. The van der Waals surface area contributed by atoms with E-state index in [1.807, 2.05) is 9.80 Å². The van der Waals surface area contributed by atoms with Crippen molar-refractivity contribution >= 4 is 17.4 Å². The van der Waals surface area contributed by atoms with Gasteiger partial charge in [0.1, 0.15) is 17.7 Å². The fraction of sp³-hybridized carbons (Fsp3) is 0.600. The van der Waals surface area contributed by atoms with Crippen LogP contribution in [0, 0.1) is 5.92 Å². The average Bonchev–Trinajstić information content (AvgIpc) is 3.36. The Morgan fingerprint density at radius 3 is 2.65 bits per heavy atom. The van der Waals surface area contributed by atoms with Crippen molar-refractivity contribution in [3.63, 3.8) is 0 Å². The van der Waals surface area contributed by atoms with Gasteiger partial charge in [0.2, 0.25) is 11.8 Å². The van der Waals surface area contributed by atoms with Crippen molar-refractivity contribution < 1.29 is 27.8 Å². The van der Waals surface area contributed by atoms with Gasteiger partial charge in [-0.15, -0.1) is 0 Å². The molecule has 2 fully saturated rings. The molecule has 1 aliphatic carbocycles. The number of aliphatic hydroxyl groups is 1. The van der Waals surface area contributed by atoms with Crippen LogP contribution in [0.4, 0.5) is 24.7 Å². The van der Waals surface area contributed by atoms with Gasteiger partial charge in [-0.2, -0.15) is 13.2 Å². The molecule has 0 spiro atoms. The van der Waals surface area contributed by atoms with Crippen molar-refractivity contribution in [2.75, 3.05) is 37.0 Å². The summed E-state index contributed by atoms with van der Waals surface area (Å²) >= 11 is 0. The van der Waals surface area contributed by atoms with Gasteiger partial charge in [0, 0.05) is 50.1 Å². The second-order valence-corrected chi connectivity index (χ2v) is 9.99. The molecule has 200 valence electrons. The number of fused-ring (bicyclic) bond motifs is 1. The molecule has 0 aromatic carbocycles. The van der Waals surface area contributed by atoms with Crippen LogP contribution in [0.25, 0.3) is 0 Å². The SMILES string of the molecule is COc1ncc(N2CCc3ncnc(NC4CCN(C(=O)C5CCC(O)CC5)C4)c3C2)cc1C(F)(F)F. The summed E-state index contributed by atoms with van der Waals surface area (Å²) in [4.78, 5) is 29.4. The Hall–Kier alpha value is -3.15. The van der Waals surface area contributed by atoms with Crippen molar-refractivity contribution in [3.8, 4) is 5.88 Å². The van der Waals surface area contributed by atoms with E-state index in [0.29, 0.717) is 56.9 Å². The van der Waals surface area contributed by atoms with Crippen LogP contribution in [0.15, 0.2) is 18.6 Å². The standard InChI is InChI=1S/C25H31F3N6O3/c1-37-23-20(25(26,27)28)10-17(11-29-23)33-9-7-21-19(13-33)22(31-14-30-21)32-16-6-8-34(12-16)24(36)15-2-4-18(35)5-3-15/h10-11,14-16,18,35H,2-9,12-13H2,1H3,(H,30,31,32). The number of amides is 1. The zero-order chi connectivity index (χ0) is 26.2. The Morgan fingerprint density at radius 2 is 1.92 bits per heavy atom. The number of carbonyl (C=O) groups excluding carboxylic acids is 1. The van der Waals surface area contributed by atoms with Gasteiger partial charge in [0.05, 0.1) is 30.8 Å². The van der Waals surface area contributed by atoms with E-state index in [0.717, 1.165) is 36.6 Å². The molecular formula is C25H31F3N6O3. The summed E-state index contributed by atoms with van der Waals surface area (Å²) in [6.07, 6.45) is 2.13. The Kier molecular flexibility index (Phi) is 7.11. The van der Waals surface area contributed by atoms with E-state index in [9.17, 15) is 23.1 Å².